The number of aromatic nitrogens is 4. The maximum Gasteiger partial charge on any atom is 0.332 e. The van der Waals surface area contributed by atoms with Crippen molar-refractivity contribution in [1.29, 1.82) is 0 Å². The fraction of sp³-hybridized carbons (Fsp3) is 0.158. The van der Waals surface area contributed by atoms with Gasteiger partial charge in [0.1, 0.15) is 6.54 Å². The first-order valence-corrected chi connectivity index (χ1v) is 8.35. The Balaban J connectivity index is 1.65. The molecule has 2 heterocycles. The van der Waals surface area contributed by atoms with Crippen molar-refractivity contribution in [1.82, 2.24) is 18.7 Å². The molecule has 0 radical (unpaired) electrons. The average Bonchev–Trinajstić information content (AvgIpc) is 3.08. The van der Waals surface area contributed by atoms with E-state index in [1.165, 1.54) is 29.6 Å². The second-order valence-corrected chi connectivity index (χ2v) is 6.36. The highest BCUT2D eigenvalue weighted by Gasteiger charge is 2.16. The third kappa shape index (κ3) is 2.80. The summed E-state index contributed by atoms with van der Waals surface area (Å²) in [6.07, 6.45) is 1.39. The van der Waals surface area contributed by atoms with Crippen LogP contribution in [0.1, 0.15) is 0 Å². The van der Waals surface area contributed by atoms with E-state index in [2.05, 4.69) is 10.3 Å². The quantitative estimate of drug-likeness (QED) is 0.593. The minimum atomic E-state index is -0.482. The Morgan fingerprint density at radius 1 is 1.04 bits per heavy atom. The van der Waals surface area contributed by atoms with Gasteiger partial charge < -0.3 is 9.88 Å². The molecule has 1 N–H and O–H groups in total. The number of imidazole rings is 1. The molecular weight excluding hydrogens is 346 g/mol. The molecule has 1 amide bonds. The zero-order chi connectivity index (χ0) is 19.1. The lowest BCUT2D eigenvalue weighted by Crippen LogP contribution is -2.37. The first-order valence-electron chi connectivity index (χ1n) is 8.35. The summed E-state index contributed by atoms with van der Waals surface area (Å²) in [6.45, 7) is -0.0865. The molecule has 2 aromatic heterocycles. The van der Waals surface area contributed by atoms with Crippen LogP contribution in [0.15, 0.2) is 58.4 Å². The van der Waals surface area contributed by atoms with Crippen molar-refractivity contribution in [3.05, 3.63) is 69.6 Å². The van der Waals surface area contributed by atoms with Crippen LogP contribution in [0, 0.1) is 0 Å². The maximum absolute atomic E-state index is 12.5. The van der Waals surface area contributed by atoms with Crippen LogP contribution >= 0.6 is 0 Å². The molecule has 8 heteroatoms. The molecule has 0 fully saturated rings. The van der Waals surface area contributed by atoms with Crippen molar-refractivity contribution in [3.8, 4) is 0 Å². The average molecular weight is 363 g/mol. The predicted octanol–water partition coefficient (Wildman–Crippen LogP) is 1.23. The Kier molecular flexibility index (Phi) is 3.88. The van der Waals surface area contributed by atoms with Crippen molar-refractivity contribution < 1.29 is 4.79 Å². The maximum atomic E-state index is 12.5. The second-order valence-electron chi connectivity index (χ2n) is 6.36. The van der Waals surface area contributed by atoms with Gasteiger partial charge in [0, 0.05) is 19.8 Å². The van der Waals surface area contributed by atoms with Crippen LogP contribution in [-0.4, -0.2) is 24.6 Å². The Labute approximate surface area is 153 Å². The molecular formula is C19H17N5O3. The number of carbonyl (C=O) groups is 1. The lowest BCUT2D eigenvalue weighted by atomic mass is 10.1. The van der Waals surface area contributed by atoms with Crippen LogP contribution in [0.4, 0.5) is 5.69 Å². The van der Waals surface area contributed by atoms with Crippen molar-refractivity contribution in [2.45, 2.75) is 6.54 Å². The SMILES string of the molecule is Cn1c(=O)c2c(ncn2CC(=O)Nc2ccc3ccccc3c2)n(C)c1=O. The third-order valence-electron chi connectivity index (χ3n) is 4.56. The van der Waals surface area contributed by atoms with E-state index in [1.54, 1.807) is 0 Å². The smallest absolute Gasteiger partial charge is 0.325 e. The number of hydrogen-bond donors (Lipinski definition) is 1. The van der Waals surface area contributed by atoms with Crippen LogP contribution in [0.5, 0.6) is 0 Å². The molecule has 4 rings (SSSR count). The number of carbonyl (C=O) groups excluding carboxylic acids is 1. The Morgan fingerprint density at radius 2 is 1.78 bits per heavy atom. The number of hydrogen-bond acceptors (Lipinski definition) is 4. The van der Waals surface area contributed by atoms with Gasteiger partial charge in [-0.3, -0.25) is 18.7 Å². The summed E-state index contributed by atoms with van der Waals surface area (Å²) < 4.78 is 3.74. The van der Waals surface area contributed by atoms with Gasteiger partial charge in [0.15, 0.2) is 11.2 Å². The normalized spacial score (nSPS) is 11.2. The number of rotatable bonds is 3. The van der Waals surface area contributed by atoms with E-state index >= 15 is 0 Å². The summed E-state index contributed by atoms with van der Waals surface area (Å²) in [5.41, 5.74) is 0.195. The zero-order valence-electron chi connectivity index (χ0n) is 14.8. The minimum Gasteiger partial charge on any atom is -0.325 e. The van der Waals surface area contributed by atoms with Gasteiger partial charge in [0.05, 0.1) is 6.33 Å². The Hall–Kier alpha value is -3.68. The topological polar surface area (TPSA) is 90.9 Å². The van der Waals surface area contributed by atoms with E-state index in [4.69, 9.17) is 0 Å². The van der Waals surface area contributed by atoms with Crippen molar-refractivity contribution in [2.75, 3.05) is 5.32 Å². The van der Waals surface area contributed by atoms with E-state index < -0.39 is 11.2 Å². The number of fused-ring (bicyclic) bond motifs is 2. The summed E-state index contributed by atoms with van der Waals surface area (Å²) in [5, 5.41) is 4.94. The van der Waals surface area contributed by atoms with Crippen LogP contribution < -0.4 is 16.6 Å². The minimum absolute atomic E-state index is 0.0865. The number of benzene rings is 2. The molecule has 0 bridgehead atoms. The van der Waals surface area contributed by atoms with Crippen molar-refractivity contribution in [3.63, 3.8) is 0 Å². The number of amides is 1. The standard InChI is InChI=1S/C19H17N5O3/c1-22-17-16(18(26)23(2)19(22)27)24(11-20-17)10-15(25)21-14-8-7-12-5-3-4-6-13(12)9-14/h3-9,11H,10H2,1-2H3,(H,21,25). The number of nitrogens with one attached hydrogen (secondary N) is 1. The fourth-order valence-corrected chi connectivity index (χ4v) is 3.14. The molecule has 0 saturated heterocycles. The third-order valence-corrected chi connectivity index (χ3v) is 4.56. The Morgan fingerprint density at radius 3 is 2.56 bits per heavy atom. The summed E-state index contributed by atoms with van der Waals surface area (Å²) in [4.78, 5) is 41.0. The molecule has 0 aliphatic carbocycles. The summed E-state index contributed by atoms with van der Waals surface area (Å²) >= 11 is 0. The zero-order valence-corrected chi connectivity index (χ0v) is 14.8. The van der Waals surface area contributed by atoms with Crippen LogP contribution in [-0.2, 0) is 25.4 Å². The van der Waals surface area contributed by atoms with Gasteiger partial charge in [-0.1, -0.05) is 30.3 Å². The lowest BCUT2D eigenvalue weighted by Gasteiger charge is -2.08. The van der Waals surface area contributed by atoms with Gasteiger partial charge in [0.25, 0.3) is 5.56 Å². The van der Waals surface area contributed by atoms with Crippen molar-refractivity contribution in [2.24, 2.45) is 14.1 Å². The molecule has 27 heavy (non-hydrogen) atoms. The lowest BCUT2D eigenvalue weighted by molar-refractivity contribution is -0.116. The molecule has 4 aromatic rings. The number of aryl methyl sites for hydroxylation is 1. The summed E-state index contributed by atoms with van der Waals surface area (Å²) in [5.74, 6) is -0.291. The molecule has 2 aromatic carbocycles. The molecule has 0 unspecified atom stereocenters. The largest absolute Gasteiger partial charge is 0.332 e. The van der Waals surface area contributed by atoms with Gasteiger partial charge >= 0.3 is 5.69 Å². The molecule has 0 atom stereocenters. The monoisotopic (exact) mass is 363 g/mol. The van der Waals surface area contributed by atoms with Crippen molar-refractivity contribution >= 4 is 33.5 Å². The molecule has 8 nitrogen and oxygen atoms in total. The molecule has 136 valence electrons. The Bertz CT molecular complexity index is 1310. The number of anilines is 1. The first kappa shape index (κ1) is 16.8. The molecule has 0 spiro atoms. The highest BCUT2D eigenvalue weighted by atomic mass is 16.2. The van der Waals surface area contributed by atoms with Crippen LogP contribution in [0.3, 0.4) is 0 Å². The van der Waals surface area contributed by atoms with E-state index in [0.29, 0.717) is 5.69 Å². The second kappa shape index (κ2) is 6.24. The molecule has 0 aliphatic rings. The van der Waals surface area contributed by atoms with E-state index in [-0.39, 0.29) is 23.6 Å². The predicted molar refractivity (Wildman–Crippen MR) is 103 cm³/mol. The molecule has 0 saturated carbocycles. The van der Waals surface area contributed by atoms with Gasteiger partial charge in [0.2, 0.25) is 5.91 Å². The van der Waals surface area contributed by atoms with Gasteiger partial charge in [-0.15, -0.1) is 0 Å². The van der Waals surface area contributed by atoms with E-state index in [9.17, 15) is 14.4 Å². The highest BCUT2D eigenvalue weighted by Crippen LogP contribution is 2.19. The van der Waals surface area contributed by atoms with Crippen LogP contribution in [0.25, 0.3) is 21.9 Å². The van der Waals surface area contributed by atoms with Gasteiger partial charge in [-0.05, 0) is 22.9 Å². The van der Waals surface area contributed by atoms with E-state index in [1.807, 2.05) is 42.5 Å². The molecule has 0 aliphatic heterocycles. The van der Waals surface area contributed by atoms with Gasteiger partial charge in [-0.25, -0.2) is 9.78 Å². The van der Waals surface area contributed by atoms with Crippen LogP contribution in [0.2, 0.25) is 0 Å². The summed E-state index contributed by atoms with van der Waals surface area (Å²) in [6, 6.07) is 13.5. The van der Waals surface area contributed by atoms with E-state index in [0.717, 1.165) is 15.3 Å². The highest BCUT2D eigenvalue weighted by molar-refractivity contribution is 5.94. The fourth-order valence-electron chi connectivity index (χ4n) is 3.14. The van der Waals surface area contributed by atoms with Gasteiger partial charge in [-0.2, -0.15) is 0 Å². The number of nitrogens with zero attached hydrogens (tertiary/aromatic N) is 4. The first-order chi connectivity index (χ1) is 13.0. The summed E-state index contributed by atoms with van der Waals surface area (Å²) in [7, 11) is 2.94.